The number of carboxylic acids is 1. The molecule has 10 nitrogen and oxygen atoms in total. The summed E-state index contributed by atoms with van der Waals surface area (Å²) in [6, 6.07) is 14.0. The van der Waals surface area contributed by atoms with Crippen LogP contribution in [0.25, 0.3) is 11.3 Å². The average Bonchev–Trinajstić information content (AvgIpc) is 3.71. The Morgan fingerprint density at radius 2 is 1.91 bits per heavy atom. The number of benzene rings is 2. The first-order chi connectivity index (χ1) is 21.9. The number of carbonyl (C=O) groups is 2. The van der Waals surface area contributed by atoms with Crippen molar-refractivity contribution in [2.45, 2.75) is 45.4 Å². The third kappa shape index (κ3) is 6.27. The lowest BCUT2D eigenvalue weighted by Crippen LogP contribution is -2.53. The van der Waals surface area contributed by atoms with Gasteiger partial charge in [0, 0.05) is 74.2 Å². The number of hydrogen-bond acceptors (Lipinski definition) is 9. The number of nitrogens with zero attached hydrogens (tertiary/aromatic N) is 6. The monoisotopic (exact) mass is 626 g/mol. The summed E-state index contributed by atoms with van der Waals surface area (Å²) in [4.78, 5) is 37.7. The topological polar surface area (TPSA) is 113 Å². The average molecular weight is 627 g/mol. The Labute approximate surface area is 267 Å². The molecule has 7 rings (SSSR count). The van der Waals surface area contributed by atoms with Gasteiger partial charge >= 0.3 is 5.97 Å². The summed E-state index contributed by atoms with van der Waals surface area (Å²) in [5, 5.41) is 22.5. The number of hydrogen-bond donors (Lipinski definition) is 1. The molecule has 4 fully saturated rings. The normalized spacial score (nSPS) is 23.2. The van der Waals surface area contributed by atoms with Gasteiger partial charge in [-0.3, -0.25) is 19.4 Å². The van der Waals surface area contributed by atoms with Crippen LogP contribution < -0.4 is 9.64 Å². The molecule has 3 saturated heterocycles. The predicted molar refractivity (Wildman–Crippen MR) is 171 cm³/mol. The lowest BCUT2D eigenvalue weighted by atomic mass is 9.99. The minimum absolute atomic E-state index is 0.106. The number of aromatic nitrogens is 1. The molecule has 1 amide bonds. The fourth-order valence-electron chi connectivity index (χ4n) is 6.92. The maximum absolute atomic E-state index is 12.4. The van der Waals surface area contributed by atoms with E-state index in [0.717, 1.165) is 91.6 Å². The van der Waals surface area contributed by atoms with Crippen LogP contribution in [0.2, 0.25) is 0 Å². The number of amides is 1. The highest BCUT2D eigenvalue weighted by atomic mass is 32.1. The van der Waals surface area contributed by atoms with Gasteiger partial charge in [-0.15, -0.1) is 11.3 Å². The number of rotatable bonds is 9. The van der Waals surface area contributed by atoms with Gasteiger partial charge in [0.15, 0.2) is 5.13 Å². The van der Waals surface area contributed by atoms with Crippen LogP contribution in [0.1, 0.15) is 41.5 Å². The standard InChI is InChI=1S/C34H38N6O4S/c1-22-2-7-30(28(14-22)29-20-45-34(36-29)40-18-25-8-9-39(21-40)31(25)33(42)43)44-19-26-4-3-23(15-27(26)16-35)17-37-10-12-38(13-11-37)32(41)24-5-6-24/h2-4,7,14-15,20,24-25,31H,5-6,8-13,17-19,21H2,1H3,(H,42,43)/t25?,31-/m1/s1. The van der Waals surface area contributed by atoms with Gasteiger partial charge in [0.05, 0.1) is 24.0 Å². The highest BCUT2D eigenvalue weighted by Gasteiger charge is 2.45. The van der Waals surface area contributed by atoms with E-state index in [1.54, 1.807) is 11.3 Å². The quantitative estimate of drug-likeness (QED) is 0.374. The number of anilines is 1. The summed E-state index contributed by atoms with van der Waals surface area (Å²) < 4.78 is 6.34. The highest BCUT2D eigenvalue weighted by molar-refractivity contribution is 7.14. The van der Waals surface area contributed by atoms with E-state index >= 15 is 0 Å². The van der Waals surface area contributed by atoms with E-state index in [2.05, 4.69) is 28.0 Å². The molecule has 1 N–H and O–H groups in total. The Morgan fingerprint density at radius 3 is 2.64 bits per heavy atom. The number of carbonyl (C=O) groups excluding carboxylic acids is 1. The number of piperazine rings is 1. The summed E-state index contributed by atoms with van der Waals surface area (Å²) >= 11 is 1.57. The lowest BCUT2D eigenvalue weighted by molar-refractivity contribution is -0.144. The number of thiazole rings is 1. The van der Waals surface area contributed by atoms with E-state index in [0.29, 0.717) is 30.4 Å². The van der Waals surface area contributed by atoms with E-state index in [4.69, 9.17) is 9.72 Å². The zero-order valence-electron chi connectivity index (χ0n) is 25.5. The van der Waals surface area contributed by atoms with Crippen molar-refractivity contribution in [1.29, 1.82) is 5.26 Å². The first-order valence-corrected chi connectivity index (χ1v) is 16.7. The van der Waals surface area contributed by atoms with Gasteiger partial charge in [-0.1, -0.05) is 23.8 Å². The Balaban J connectivity index is 1.00. The minimum atomic E-state index is -0.732. The van der Waals surface area contributed by atoms with Crippen LogP contribution in [-0.2, 0) is 22.7 Å². The Hall–Kier alpha value is -3.98. The van der Waals surface area contributed by atoms with Crippen molar-refractivity contribution < 1.29 is 19.4 Å². The fourth-order valence-corrected chi connectivity index (χ4v) is 7.75. The molecular formula is C34H38N6O4S. The molecule has 4 heterocycles. The molecule has 0 spiro atoms. The SMILES string of the molecule is Cc1ccc(OCc2ccc(CN3CCN(C(=O)C4CC4)CC3)cc2C#N)c(-c2csc(N3CC4CCN(C3)[C@H]4C(=O)O)n2)c1. The molecule has 3 atom stereocenters. The zero-order chi connectivity index (χ0) is 31.1. The van der Waals surface area contributed by atoms with Crippen molar-refractivity contribution in [3.05, 3.63) is 64.0 Å². The summed E-state index contributed by atoms with van der Waals surface area (Å²) in [6.07, 6.45) is 2.98. The van der Waals surface area contributed by atoms with Crippen LogP contribution in [0.15, 0.2) is 41.8 Å². The smallest absolute Gasteiger partial charge is 0.321 e. The Kier molecular flexibility index (Phi) is 8.21. The summed E-state index contributed by atoms with van der Waals surface area (Å²) in [5.41, 5.74) is 5.34. The molecule has 1 aliphatic carbocycles. The van der Waals surface area contributed by atoms with Gasteiger partial charge < -0.3 is 19.6 Å². The summed E-state index contributed by atoms with van der Waals surface area (Å²) in [7, 11) is 0. The number of carboxylic acid groups (broad SMARTS) is 1. The predicted octanol–water partition coefficient (Wildman–Crippen LogP) is 4.18. The third-order valence-corrected chi connectivity index (χ3v) is 10.5. The van der Waals surface area contributed by atoms with Crippen molar-refractivity contribution in [2.75, 3.05) is 50.8 Å². The second-order valence-corrected chi connectivity index (χ2v) is 13.6. The second-order valence-electron chi connectivity index (χ2n) is 12.8. The molecule has 0 radical (unpaired) electrons. The highest BCUT2D eigenvalue weighted by Crippen LogP contribution is 2.38. The molecule has 2 unspecified atom stereocenters. The van der Waals surface area contributed by atoms with Gasteiger partial charge in [0.25, 0.3) is 0 Å². The molecule has 45 heavy (non-hydrogen) atoms. The molecule has 1 saturated carbocycles. The van der Waals surface area contributed by atoms with Crippen molar-refractivity contribution in [2.24, 2.45) is 11.8 Å². The molecule has 1 aromatic heterocycles. The van der Waals surface area contributed by atoms with E-state index < -0.39 is 12.0 Å². The number of aliphatic carboxylic acids is 1. The fraction of sp³-hybridized carbons (Fsp3) is 0.471. The molecule has 3 aliphatic heterocycles. The number of nitriles is 1. The van der Waals surface area contributed by atoms with Crippen molar-refractivity contribution >= 4 is 28.3 Å². The lowest BCUT2D eigenvalue weighted by Gasteiger charge is -2.37. The van der Waals surface area contributed by atoms with Crippen LogP contribution in [0, 0.1) is 30.1 Å². The van der Waals surface area contributed by atoms with E-state index in [9.17, 15) is 20.0 Å². The molecule has 234 valence electrons. The molecule has 3 aromatic rings. The van der Waals surface area contributed by atoms with Crippen LogP contribution in [0.3, 0.4) is 0 Å². The minimum Gasteiger partial charge on any atom is -0.488 e. The van der Waals surface area contributed by atoms with Gasteiger partial charge in [0.2, 0.25) is 5.91 Å². The maximum atomic E-state index is 12.4. The van der Waals surface area contributed by atoms with Crippen LogP contribution in [0.4, 0.5) is 5.13 Å². The molecule has 4 aliphatic rings. The Morgan fingerprint density at radius 1 is 1.09 bits per heavy atom. The zero-order valence-corrected chi connectivity index (χ0v) is 26.3. The van der Waals surface area contributed by atoms with Crippen molar-refractivity contribution in [1.82, 2.24) is 19.7 Å². The first kappa shape index (κ1) is 29.7. The third-order valence-electron chi connectivity index (χ3n) is 9.56. The van der Waals surface area contributed by atoms with Gasteiger partial charge in [-0.25, -0.2) is 4.98 Å². The van der Waals surface area contributed by atoms with E-state index in [-0.39, 0.29) is 18.4 Å². The Bertz CT molecular complexity index is 1630. The molecule has 11 heteroatoms. The summed E-state index contributed by atoms with van der Waals surface area (Å²) in [6.45, 7) is 8.36. The first-order valence-electron chi connectivity index (χ1n) is 15.8. The van der Waals surface area contributed by atoms with Crippen LogP contribution in [0.5, 0.6) is 5.75 Å². The largest absolute Gasteiger partial charge is 0.488 e. The van der Waals surface area contributed by atoms with Gasteiger partial charge in [0.1, 0.15) is 18.4 Å². The van der Waals surface area contributed by atoms with Gasteiger partial charge in [-0.2, -0.15) is 5.26 Å². The van der Waals surface area contributed by atoms with Crippen LogP contribution in [-0.4, -0.2) is 88.6 Å². The number of fused-ring (bicyclic) bond motifs is 2. The van der Waals surface area contributed by atoms with Crippen molar-refractivity contribution in [3.8, 4) is 23.1 Å². The van der Waals surface area contributed by atoms with E-state index in [1.165, 1.54) is 0 Å². The molecule has 2 bridgehead atoms. The maximum Gasteiger partial charge on any atom is 0.321 e. The number of ether oxygens (including phenoxy) is 1. The second kappa shape index (κ2) is 12.4. The van der Waals surface area contributed by atoms with E-state index in [1.807, 2.05) is 46.4 Å². The molecule has 2 aromatic carbocycles. The molecular weight excluding hydrogens is 588 g/mol. The van der Waals surface area contributed by atoms with Crippen molar-refractivity contribution in [3.63, 3.8) is 0 Å². The van der Waals surface area contributed by atoms with Crippen LogP contribution >= 0.6 is 11.3 Å². The number of aryl methyl sites for hydroxylation is 1. The summed E-state index contributed by atoms with van der Waals surface area (Å²) in [5.74, 6) is 0.666. The van der Waals surface area contributed by atoms with Gasteiger partial charge in [-0.05, 0) is 49.9 Å².